The summed E-state index contributed by atoms with van der Waals surface area (Å²) in [6.07, 6.45) is 0.483. The Kier molecular flexibility index (Phi) is 3.09. The highest BCUT2D eigenvalue weighted by Crippen LogP contribution is 2.40. The molecule has 4 nitrogen and oxygen atoms in total. The molecule has 0 spiro atoms. The SMILES string of the molecule is Cc1cc2c(CCC(=O)O)c3oc(C)cc3c(Br)c2o1. The van der Waals surface area contributed by atoms with Gasteiger partial charge in [0.25, 0.3) is 0 Å². The van der Waals surface area contributed by atoms with E-state index < -0.39 is 5.97 Å². The van der Waals surface area contributed by atoms with Crippen LogP contribution in [-0.2, 0) is 11.2 Å². The second-order valence-electron chi connectivity index (χ2n) is 4.89. The maximum absolute atomic E-state index is 10.9. The second kappa shape index (κ2) is 4.66. The van der Waals surface area contributed by atoms with Gasteiger partial charge < -0.3 is 13.9 Å². The summed E-state index contributed by atoms with van der Waals surface area (Å²) in [5, 5.41) is 10.8. The van der Waals surface area contributed by atoms with Crippen LogP contribution in [0.4, 0.5) is 0 Å². The monoisotopic (exact) mass is 336 g/mol. The number of carboxylic acids is 1. The van der Waals surface area contributed by atoms with E-state index in [0.717, 1.165) is 43.5 Å². The van der Waals surface area contributed by atoms with E-state index in [4.69, 9.17) is 13.9 Å². The highest BCUT2D eigenvalue weighted by Gasteiger charge is 2.19. The average molecular weight is 337 g/mol. The fourth-order valence-corrected chi connectivity index (χ4v) is 3.12. The zero-order chi connectivity index (χ0) is 14.4. The first-order valence-corrected chi connectivity index (χ1v) is 7.09. The minimum atomic E-state index is -0.822. The third-order valence-corrected chi connectivity index (χ3v) is 4.12. The molecule has 0 unspecified atom stereocenters. The van der Waals surface area contributed by atoms with Gasteiger partial charge in [-0.15, -0.1) is 0 Å². The molecule has 0 aliphatic heterocycles. The first kappa shape index (κ1) is 13.2. The van der Waals surface area contributed by atoms with Crippen molar-refractivity contribution in [3.63, 3.8) is 0 Å². The van der Waals surface area contributed by atoms with E-state index in [2.05, 4.69) is 15.9 Å². The molecule has 0 aliphatic carbocycles. The van der Waals surface area contributed by atoms with E-state index in [1.54, 1.807) is 0 Å². The zero-order valence-corrected chi connectivity index (χ0v) is 12.7. The Labute approximate surface area is 123 Å². The molecule has 0 amide bonds. The number of hydrogen-bond donors (Lipinski definition) is 1. The van der Waals surface area contributed by atoms with E-state index in [1.165, 1.54) is 0 Å². The quantitative estimate of drug-likeness (QED) is 0.760. The van der Waals surface area contributed by atoms with Crippen LogP contribution in [0.5, 0.6) is 0 Å². The first-order chi connectivity index (χ1) is 9.47. The van der Waals surface area contributed by atoms with Crippen LogP contribution >= 0.6 is 15.9 Å². The Morgan fingerprint density at radius 3 is 2.40 bits per heavy atom. The van der Waals surface area contributed by atoms with Crippen LogP contribution in [0.2, 0.25) is 0 Å². The highest BCUT2D eigenvalue weighted by molar-refractivity contribution is 9.10. The summed E-state index contributed by atoms with van der Waals surface area (Å²) in [5.74, 6) is 0.765. The molecular formula is C15H13BrO4. The molecule has 0 fully saturated rings. The molecule has 1 N–H and O–H groups in total. The maximum atomic E-state index is 10.9. The molecule has 3 rings (SSSR count). The van der Waals surface area contributed by atoms with Crippen molar-refractivity contribution >= 4 is 43.8 Å². The number of hydrogen-bond acceptors (Lipinski definition) is 3. The number of furan rings is 2. The number of aryl methyl sites for hydroxylation is 3. The zero-order valence-electron chi connectivity index (χ0n) is 11.1. The van der Waals surface area contributed by atoms with Crippen molar-refractivity contribution in [2.75, 3.05) is 0 Å². The molecule has 5 heteroatoms. The molecule has 3 aromatic rings. The molecule has 0 saturated heterocycles. The van der Waals surface area contributed by atoms with Crippen molar-refractivity contribution in [1.82, 2.24) is 0 Å². The highest BCUT2D eigenvalue weighted by atomic mass is 79.9. The lowest BCUT2D eigenvalue weighted by Crippen LogP contribution is -1.98. The predicted molar refractivity (Wildman–Crippen MR) is 79.1 cm³/mol. The van der Waals surface area contributed by atoms with Crippen LogP contribution in [0.1, 0.15) is 23.5 Å². The van der Waals surface area contributed by atoms with Crippen molar-refractivity contribution in [3.8, 4) is 0 Å². The molecule has 0 atom stereocenters. The van der Waals surface area contributed by atoms with E-state index >= 15 is 0 Å². The molecule has 0 saturated carbocycles. The van der Waals surface area contributed by atoms with Gasteiger partial charge in [0.2, 0.25) is 0 Å². The third-order valence-electron chi connectivity index (χ3n) is 3.33. The molecule has 0 radical (unpaired) electrons. The molecule has 0 aliphatic rings. The number of benzene rings is 1. The average Bonchev–Trinajstić information content (AvgIpc) is 2.92. The third kappa shape index (κ3) is 2.02. The number of aliphatic carboxylic acids is 1. The van der Waals surface area contributed by atoms with Crippen LogP contribution in [0.15, 0.2) is 25.4 Å². The van der Waals surface area contributed by atoms with Gasteiger partial charge in [-0.25, -0.2) is 0 Å². The Morgan fingerprint density at radius 2 is 1.75 bits per heavy atom. The van der Waals surface area contributed by atoms with Crippen LogP contribution < -0.4 is 0 Å². The molecule has 20 heavy (non-hydrogen) atoms. The summed E-state index contributed by atoms with van der Waals surface area (Å²) in [5.41, 5.74) is 2.38. The Bertz CT molecular complexity index is 768. The van der Waals surface area contributed by atoms with Crippen LogP contribution in [-0.4, -0.2) is 11.1 Å². The van der Waals surface area contributed by atoms with Gasteiger partial charge in [-0.1, -0.05) is 0 Å². The van der Waals surface area contributed by atoms with Crippen molar-refractivity contribution in [2.24, 2.45) is 0 Å². The van der Waals surface area contributed by atoms with Gasteiger partial charge in [-0.2, -0.15) is 0 Å². The molecule has 2 aromatic heterocycles. The summed E-state index contributed by atoms with van der Waals surface area (Å²) < 4.78 is 12.3. The number of fused-ring (bicyclic) bond motifs is 2. The molecular weight excluding hydrogens is 324 g/mol. The second-order valence-corrected chi connectivity index (χ2v) is 5.68. The van der Waals surface area contributed by atoms with Gasteiger partial charge in [-0.3, -0.25) is 4.79 Å². The number of carboxylic acid groups (broad SMARTS) is 1. The minimum absolute atomic E-state index is 0.0653. The van der Waals surface area contributed by atoms with Crippen LogP contribution in [0.3, 0.4) is 0 Å². The topological polar surface area (TPSA) is 63.6 Å². The first-order valence-electron chi connectivity index (χ1n) is 6.30. The van der Waals surface area contributed by atoms with Gasteiger partial charge in [0.15, 0.2) is 0 Å². The predicted octanol–water partition coefficient (Wildman–Crippen LogP) is 4.58. The van der Waals surface area contributed by atoms with Crippen LogP contribution in [0.25, 0.3) is 21.9 Å². The lowest BCUT2D eigenvalue weighted by molar-refractivity contribution is -0.136. The normalized spacial score (nSPS) is 11.6. The fourth-order valence-electron chi connectivity index (χ4n) is 2.53. The van der Waals surface area contributed by atoms with Crippen molar-refractivity contribution in [1.29, 1.82) is 0 Å². The van der Waals surface area contributed by atoms with Gasteiger partial charge in [0.05, 0.1) is 4.47 Å². The smallest absolute Gasteiger partial charge is 0.303 e. The minimum Gasteiger partial charge on any atom is -0.481 e. The Balaban J connectivity index is 2.35. The number of rotatable bonds is 3. The van der Waals surface area contributed by atoms with Crippen molar-refractivity contribution < 1.29 is 18.7 Å². The largest absolute Gasteiger partial charge is 0.481 e. The summed E-state index contributed by atoms with van der Waals surface area (Å²) in [4.78, 5) is 10.9. The lowest BCUT2D eigenvalue weighted by atomic mass is 10.0. The van der Waals surface area contributed by atoms with E-state index in [9.17, 15) is 4.79 Å². The van der Waals surface area contributed by atoms with E-state index in [0.29, 0.717) is 6.42 Å². The molecule has 2 heterocycles. The number of carbonyl (C=O) groups is 1. The fraction of sp³-hybridized carbons (Fsp3) is 0.267. The summed E-state index contributed by atoms with van der Waals surface area (Å²) in [6, 6.07) is 3.86. The summed E-state index contributed by atoms with van der Waals surface area (Å²) >= 11 is 3.55. The molecule has 1 aromatic carbocycles. The van der Waals surface area contributed by atoms with Gasteiger partial charge in [0.1, 0.15) is 22.7 Å². The van der Waals surface area contributed by atoms with Gasteiger partial charge in [0, 0.05) is 22.8 Å². The van der Waals surface area contributed by atoms with Crippen molar-refractivity contribution in [3.05, 3.63) is 33.7 Å². The molecule has 0 bridgehead atoms. The van der Waals surface area contributed by atoms with Crippen LogP contribution in [0, 0.1) is 13.8 Å². The van der Waals surface area contributed by atoms with Gasteiger partial charge >= 0.3 is 5.97 Å². The maximum Gasteiger partial charge on any atom is 0.303 e. The van der Waals surface area contributed by atoms with E-state index in [1.807, 2.05) is 26.0 Å². The number of halogens is 1. The summed E-state index contributed by atoms with van der Waals surface area (Å²) in [6.45, 7) is 3.75. The Morgan fingerprint density at radius 1 is 1.15 bits per heavy atom. The summed E-state index contributed by atoms with van der Waals surface area (Å²) in [7, 11) is 0. The van der Waals surface area contributed by atoms with Crippen molar-refractivity contribution in [2.45, 2.75) is 26.7 Å². The van der Waals surface area contributed by atoms with Gasteiger partial charge in [-0.05, 0) is 48.3 Å². The van der Waals surface area contributed by atoms with E-state index in [-0.39, 0.29) is 6.42 Å². The molecule has 104 valence electrons. The Hall–Kier alpha value is -1.75. The standard InChI is InChI=1S/C15H13BrO4/c1-7-5-10-9(3-4-12(17)18)14-11(6-8(2)19-14)13(16)15(10)20-7/h5-6H,3-4H2,1-2H3,(H,17,18). The lowest BCUT2D eigenvalue weighted by Gasteiger charge is -2.04.